The van der Waals surface area contributed by atoms with E-state index in [0.717, 1.165) is 6.42 Å². The van der Waals surface area contributed by atoms with Gasteiger partial charge in [0.25, 0.3) is 0 Å². The second-order valence-corrected chi connectivity index (χ2v) is 7.92. The fourth-order valence-electron chi connectivity index (χ4n) is 2.66. The van der Waals surface area contributed by atoms with Crippen LogP contribution in [0, 0.1) is 5.41 Å². The Hall–Kier alpha value is 0.130. The van der Waals surface area contributed by atoms with E-state index in [1.54, 1.807) is 18.2 Å². The monoisotopic (exact) mass is 292 g/mol. The molecule has 0 aliphatic heterocycles. The van der Waals surface area contributed by atoms with Crippen LogP contribution in [0.15, 0.2) is 29.2 Å². The van der Waals surface area contributed by atoms with Crippen LogP contribution in [-0.4, -0.2) is 13.0 Å². The Bertz CT molecular complexity index is 528. The van der Waals surface area contributed by atoms with Gasteiger partial charge in [-0.2, -0.15) is 0 Å². The van der Waals surface area contributed by atoms with Crippen LogP contribution in [0.5, 0.6) is 0 Å². The molecule has 0 aliphatic rings. The summed E-state index contributed by atoms with van der Waals surface area (Å²) < 4.78 is 33.9. The maximum absolute atomic E-state index is 11.3. The van der Waals surface area contributed by atoms with Gasteiger partial charge in [0.2, 0.25) is 0 Å². The predicted molar refractivity (Wildman–Crippen MR) is 71.5 cm³/mol. The number of rotatable bonds is 3. The molecule has 5 heteroatoms. The first-order valence-corrected chi connectivity index (χ1v) is 7.40. The van der Waals surface area contributed by atoms with E-state index in [9.17, 15) is 13.0 Å². The number of hydrogen-bond acceptors (Lipinski definition) is 3. The van der Waals surface area contributed by atoms with E-state index in [1.807, 2.05) is 13.8 Å². The van der Waals surface area contributed by atoms with E-state index in [2.05, 4.69) is 20.8 Å². The third-order valence-electron chi connectivity index (χ3n) is 2.86. The van der Waals surface area contributed by atoms with Crippen LogP contribution in [0.1, 0.15) is 46.6 Å². The second kappa shape index (κ2) is 6.27. The van der Waals surface area contributed by atoms with Crippen molar-refractivity contribution in [3.63, 3.8) is 0 Å². The van der Waals surface area contributed by atoms with Crippen LogP contribution in [0.4, 0.5) is 0 Å². The first-order valence-electron chi connectivity index (χ1n) is 5.99. The van der Waals surface area contributed by atoms with E-state index < -0.39 is 10.1 Å². The Morgan fingerprint density at radius 3 is 1.95 bits per heavy atom. The fraction of sp³-hybridized carbons (Fsp3) is 0.571. The minimum absolute atomic E-state index is 0. The Labute approximate surface area is 138 Å². The third kappa shape index (κ3) is 5.56. The quantitative estimate of drug-likeness (QED) is 0.595. The summed E-state index contributed by atoms with van der Waals surface area (Å²) in [6.07, 6.45) is 0.798. The van der Waals surface area contributed by atoms with Gasteiger partial charge in [-0.1, -0.05) is 52.8 Å². The van der Waals surface area contributed by atoms with Crippen LogP contribution in [-0.2, 0) is 15.5 Å². The average Bonchev–Trinajstić information content (AvgIpc) is 2.12. The molecule has 0 fully saturated rings. The van der Waals surface area contributed by atoms with Gasteiger partial charge in [-0.3, -0.25) is 0 Å². The summed E-state index contributed by atoms with van der Waals surface area (Å²) in [6, 6.07) is 6.48. The van der Waals surface area contributed by atoms with Gasteiger partial charge in [0.05, 0.1) is 4.90 Å². The summed E-state index contributed by atoms with van der Waals surface area (Å²) >= 11 is 0. The first-order chi connectivity index (χ1) is 7.93. The smallest absolute Gasteiger partial charge is 0.744 e. The Balaban J connectivity index is 0.00000324. The Morgan fingerprint density at radius 2 is 1.53 bits per heavy atom. The van der Waals surface area contributed by atoms with Crippen molar-refractivity contribution in [3.05, 3.63) is 29.8 Å². The van der Waals surface area contributed by atoms with Gasteiger partial charge in [0, 0.05) is 0 Å². The molecule has 0 radical (unpaired) electrons. The summed E-state index contributed by atoms with van der Waals surface area (Å²) in [5, 5.41) is 0. The molecule has 1 rings (SSSR count). The molecule has 0 N–H and O–H groups in total. The molecular weight excluding hydrogens is 271 g/mol. The van der Waals surface area contributed by atoms with Crippen molar-refractivity contribution >= 4 is 10.1 Å². The van der Waals surface area contributed by atoms with Crippen molar-refractivity contribution in [1.82, 2.24) is 0 Å². The molecule has 0 saturated carbocycles. The molecule has 0 aromatic heterocycles. The minimum Gasteiger partial charge on any atom is -0.744 e. The van der Waals surface area contributed by atoms with Gasteiger partial charge in [0.1, 0.15) is 10.1 Å². The topological polar surface area (TPSA) is 57.2 Å². The van der Waals surface area contributed by atoms with Crippen LogP contribution in [0.3, 0.4) is 0 Å². The van der Waals surface area contributed by atoms with Gasteiger partial charge < -0.3 is 4.55 Å². The van der Waals surface area contributed by atoms with E-state index in [1.165, 1.54) is 6.07 Å². The van der Waals surface area contributed by atoms with Crippen LogP contribution < -0.4 is 29.6 Å². The maximum Gasteiger partial charge on any atom is 1.00 e. The van der Waals surface area contributed by atoms with E-state index in [0.29, 0.717) is 5.56 Å². The maximum atomic E-state index is 11.3. The molecule has 0 saturated heterocycles. The summed E-state index contributed by atoms with van der Waals surface area (Å²) in [5.41, 5.74) is 0.310. The number of benzene rings is 1. The molecule has 0 spiro atoms. The van der Waals surface area contributed by atoms with Crippen LogP contribution in [0.25, 0.3) is 0 Å². The molecule has 0 aliphatic carbocycles. The predicted octanol–water partition coefficient (Wildman–Crippen LogP) is 0.309. The fourth-order valence-corrected chi connectivity index (χ4v) is 3.52. The summed E-state index contributed by atoms with van der Waals surface area (Å²) in [6.45, 7) is 10.2. The molecule has 19 heavy (non-hydrogen) atoms. The third-order valence-corrected chi connectivity index (χ3v) is 3.75. The van der Waals surface area contributed by atoms with E-state index in [4.69, 9.17) is 0 Å². The summed E-state index contributed by atoms with van der Waals surface area (Å²) in [7, 11) is -4.42. The zero-order valence-electron chi connectivity index (χ0n) is 12.6. The molecule has 1 aromatic carbocycles. The van der Waals surface area contributed by atoms with Crippen molar-refractivity contribution in [2.75, 3.05) is 0 Å². The van der Waals surface area contributed by atoms with Crippen molar-refractivity contribution in [1.29, 1.82) is 0 Å². The van der Waals surface area contributed by atoms with Crippen LogP contribution in [0.2, 0.25) is 0 Å². The largest absolute Gasteiger partial charge is 1.00 e. The molecular formula is C14H21NaO3S. The molecule has 0 atom stereocenters. The van der Waals surface area contributed by atoms with Gasteiger partial charge in [-0.05, 0) is 28.9 Å². The number of hydrogen-bond donors (Lipinski definition) is 0. The minimum atomic E-state index is -4.42. The van der Waals surface area contributed by atoms with Crippen LogP contribution >= 0.6 is 0 Å². The first kappa shape index (κ1) is 19.1. The van der Waals surface area contributed by atoms with Crippen molar-refractivity contribution < 1.29 is 42.5 Å². The van der Waals surface area contributed by atoms with Gasteiger partial charge in [-0.15, -0.1) is 0 Å². The zero-order chi connectivity index (χ0) is 14.2. The van der Waals surface area contributed by atoms with Crippen molar-refractivity contribution in [3.8, 4) is 0 Å². The Kier molecular flexibility index (Phi) is 6.31. The molecule has 102 valence electrons. The summed E-state index contributed by atoms with van der Waals surface area (Å²) in [5.74, 6) is 0. The second-order valence-electron chi connectivity index (χ2n) is 6.57. The molecule has 0 bridgehead atoms. The molecule has 0 unspecified atom stereocenters. The van der Waals surface area contributed by atoms with Gasteiger partial charge >= 0.3 is 29.6 Å². The molecule has 3 nitrogen and oxygen atoms in total. The summed E-state index contributed by atoms with van der Waals surface area (Å²) in [4.78, 5) is -0.0979. The molecule has 0 heterocycles. The standard InChI is InChI=1S/C14H22O3S.Na/c1-13(2,3)10-14(4,5)11-8-6-7-9-12(11)18(15,16)17;/h6-9H,10H2,1-5H3,(H,15,16,17);/q;+1/p-1. The van der Waals surface area contributed by atoms with E-state index >= 15 is 0 Å². The molecule has 1 aromatic rings. The molecule has 0 amide bonds. The van der Waals surface area contributed by atoms with Gasteiger partial charge in [-0.25, -0.2) is 8.42 Å². The Morgan fingerprint density at radius 1 is 1.05 bits per heavy atom. The zero-order valence-corrected chi connectivity index (χ0v) is 15.5. The van der Waals surface area contributed by atoms with E-state index in [-0.39, 0.29) is 45.3 Å². The van der Waals surface area contributed by atoms with Crippen molar-refractivity contribution in [2.45, 2.75) is 51.3 Å². The van der Waals surface area contributed by atoms with Gasteiger partial charge in [0.15, 0.2) is 0 Å². The normalized spacial score (nSPS) is 12.9. The average molecular weight is 292 g/mol. The van der Waals surface area contributed by atoms with Crippen molar-refractivity contribution in [2.24, 2.45) is 5.41 Å². The SMILES string of the molecule is CC(C)(C)CC(C)(C)c1ccccc1S(=O)(=O)[O-].[Na+].